The quantitative estimate of drug-likeness (QED) is 0.129. The van der Waals surface area contributed by atoms with Gasteiger partial charge in [-0.2, -0.15) is 0 Å². The zero-order valence-corrected chi connectivity index (χ0v) is 25.3. The molecule has 2 fully saturated rings. The van der Waals surface area contributed by atoms with Crippen LogP contribution < -0.4 is 10.5 Å². The first-order chi connectivity index (χ1) is 20.9. The van der Waals surface area contributed by atoms with Crippen LogP contribution in [0.4, 0.5) is 10.5 Å². The van der Waals surface area contributed by atoms with Crippen LogP contribution in [-0.4, -0.2) is 34.1 Å². The molecule has 1 aliphatic carbocycles. The number of unbranched alkanes of at least 4 members (excludes halogenated alkanes) is 9. The van der Waals surface area contributed by atoms with Crippen molar-refractivity contribution in [1.82, 2.24) is 9.55 Å². The van der Waals surface area contributed by atoms with Gasteiger partial charge in [-0.3, -0.25) is 14.2 Å². The summed E-state index contributed by atoms with van der Waals surface area (Å²) in [5.41, 5.74) is 0.297. The Morgan fingerprint density at radius 1 is 0.953 bits per heavy atom. The SMILES string of the molecule is CCCCCCCCCCCCOC(=O)c1ccc(Cl)c(N2C(=O)OC(c3nc4ccccc4c(=O)n3C3CC3)C2=O)c1. The Morgan fingerprint density at radius 3 is 2.33 bits per heavy atom. The molecule has 0 N–H and O–H groups in total. The smallest absolute Gasteiger partial charge is 0.422 e. The summed E-state index contributed by atoms with van der Waals surface area (Å²) in [5, 5.41) is 0.516. The number of nitrogens with zero attached hydrogens (tertiary/aromatic N) is 3. The number of cyclic esters (lactones) is 1. The first-order valence-electron chi connectivity index (χ1n) is 15.4. The van der Waals surface area contributed by atoms with E-state index < -0.39 is 24.1 Å². The molecule has 1 aromatic heterocycles. The number of carbonyl (C=O) groups excluding carboxylic acids is 3. The maximum atomic E-state index is 13.6. The molecule has 0 bridgehead atoms. The Kier molecular flexibility index (Phi) is 10.1. The van der Waals surface area contributed by atoms with Crippen molar-refractivity contribution >= 4 is 46.2 Å². The number of esters is 1. The second-order valence-electron chi connectivity index (χ2n) is 11.3. The number of aromatic nitrogens is 2. The van der Waals surface area contributed by atoms with Crippen molar-refractivity contribution in [3.05, 3.63) is 69.2 Å². The Hall–Kier alpha value is -3.72. The average molecular weight is 608 g/mol. The van der Waals surface area contributed by atoms with E-state index in [1.165, 1.54) is 67.7 Å². The predicted octanol–water partition coefficient (Wildman–Crippen LogP) is 7.69. The topological polar surface area (TPSA) is 108 Å². The molecule has 1 unspecified atom stereocenters. The molecule has 1 atom stereocenters. The molecule has 5 rings (SSSR count). The molecule has 9 nitrogen and oxygen atoms in total. The number of fused-ring (bicyclic) bond motifs is 1. The molecule has 2 aromatic carbocycles. The fourth-order valence-electron chi connectivity index (χ4n) is 5.47. The summed E-state index contributed by atoms with van der Waals surface area (Å²) < 4.78 is 12.4. The lowest BCUT2D eigenvalue weighted by Gasteiger charge is -2.16. The van der Waals surface area contributed by atoms with Gasteiger partial charge in [-0.25, -0.2) is 19.5 Å². The normalized spacial score (nSPS) is 16.6. The van der Waals surface area contributed by atoms with E-state index in [9.17, 15) is 19.2 Å². The van der Waals surface area contributed by atoms with Crippen molar-refractivity contribution in [3.8, 4) is 0 Å². The van der Waals surface area contributed by atoms with Gasteiger partial charge in [-0.15, -0.1) is 0 Å². The van der Waals surface area contributed by atoms with E-state index in [-0.39, 0.29) is 40.3 Å². The van der Waals surface area contributed by atoms with E-state index in [0.717, 1.165) is 37.0 Å². The summed E-state index contributed by atoms with van der Waals surface area (Å²) in [5.74, 6) is -1.22. The van der Waals surface area contributed by atoms with Crippen molar-refractivity contribution in [3.63, 3.8) is 0 Å². The number of hydrogen-bond acceptors (Lipinski definition) is 7. The molecule has 43 heavy (non-hydrogen) atoms. The number of ether oxygens (including phenoxy) is 2. The standard InChI is InChI=1S/C33H38ClN3O6/c1-2-3-4-5-6-7-8-9-10-13-20-42-32(40)22-16-19-25(34)27(21-22)37-31(39)28(43-33(37)41)29-35-26-15-12-11-14-24(26)30(38)36(29)23-17-18-23/h11-12,14-16,19,21,23,28H,2-10,13,17-18,20H2,1H3. The van der Waals surface area contributed by atoms with Crippen LogP contribution in [0.15, 0.2) is 47.3 Å². The first-order valence-corrected chi connectivity index (χ1v) is 15.8. The van der Waals surface area contributed by atoms with Crippen molar-refractivity contribution in [2.24, 2.45) is 0 Å². The molecular weight excluding hydrogens is 570 g/mol. The molecule has 1 saturated carbocycles. The highest BCUT2D eigenvalue weighted by molar-refractivity contribution is 6.35. The number of anilines is 1. The zero-order chi connectivity index (χ0) is 30.3. The van der Waals surface area contributed by atoms with Gasteiger partial charge in [0.1, 0.15) is 0 Å². The summed E-state index contributed by atoms with van der Waals surface area (Å²) in [6.07, 6.45) is 10.9. The maximum absolute atomic E-state index is 13.6. The average Bonchev–Trinajstić information content (AvgIpc) is 3.80. The summed E-state index contributed by atoms with van der Waals surface area (Å²) in [6.45, 7) is 2.50. The number of hydrogen-bond donors (Lipinski definition) is 0. The van der Waals surface area contributed by atoms with E-state index in [2.05, 4.69) is 11.9 Å². The van der Waals surface area contributed by atoms with E-state index in [1.807, 2.05) is 0 Å². The highest BCUT2D eigenvalue weighted by Crippen LogP contribution is 2.40. The molecule has 10 heteroatoms. The van der Waals surface area contributed by atoms with Gasteiger partial charge in [-0.1, -0.05) is 88.4 Å². The van der Waals surface area contributed by atoms with Gasteiger partial charge in [0.25, 0.3) is 11.5 Å². The minimum Gasteiger partial charge on any atom is -0.462 e. The zero-order valence-electron chi connectivity index (χ0n) is 24.6. The largest absolute Gasteiger partial charge is 0.462 e. The monoisotopic (exact) mass is 607 g/mol. The third-order valence-electron chi connectivity index (χ3n) is 7.98. The van der Waals surface area contributed by atoms with Gasteiger partial charge in [0.05, 0.1) is 33.8 Å². The number of carbonyl (C=O) groups is 3. The van der Waals surface area contributed by atoms with E-state index in [4.69, 9.17) is 21.1 Å². The minimum atomic E-state index is -1.42. The van der Waals surface area contributed by atoms with E-state index in [0.29, 0.717) is 10.9 Å². The van der Waals surface area contributed by atoms with Crippen molar-refractivity contribution in [2.75, 3.05) is 11.5 Å². The Bertz CT molecular complexity index is 1550. The summed E-state index contributed by atoms with van der Waals surface area (Å²) in [7, 11) is 0. The highest BCUT2D eigenvalue weighted by Gasteiger charge is 2.47. The maximum Gasteiger partial charge on any atom is 0.422 e. The lowest BCUT2D eigenvalue weighted by Crippen LogP contribution is -2.32. The van der Waals surface area contributed by atoms with E-state index in [1.54, 1.807) is 24.3 Å². The van der Waals surface area contributed by atoms with Gasteiger partial charge in [0.2, 0.25) is 6.10 Å². The van der Waals surface area contributed by atoms with Crippen LogP contribution in [0.3, 0.4) is 0 Å². The lowest BCUT2D eigenvalue weighted by atomic mass is 10.1. The molecule has 2 amide bonds. The van der Waals surface area contributed by atoms with Gasteiger partial charge < -0.3 is 9.47 Å². The minimum absolute atomic E-state index is 0.00802. The first kappa shape index (κ1) is 30.7. The van der Waals surface area contributed by atoms with Crippen molar-refractivity contribution in [1.29, 1.82) is 0 Å². The number of para-hydroxylation sites is 1. The number of benzene rings is 2. The van der Waals surface area contributed by atoms with Crippen LogP contribution in [0.5, 0.6) is 0 Å². The van der Waals surface area contributed by atoms with E-state index >= 15 is 0 Å². The van der Waals surface area contributed by atoms with Crippen LogP contribution in [-0.2, 0) is 14.3 Å². The Morgan fingerprint density at radius 2 is 1.63 bits per heavy atom. The van der Waals surface area contributed by atoms with Gasteiger partial charge in [0.15, 0.2) is 5.82 Å². The van der Waals surface area contributed by atoms with Crippen molar-refractivity contribution in [2.45, 2.75) is 96.1 Å². The third-order valence-corrected chi connectivity index (χ3v) is 8.30. The van der Waals surface area contributed by atoms with Gasteiger partial charge in [-0.05, 0) is 49.6 Å². The van der Waals surface area contributed by atoms with Gasteiger partial charge >= 0.3 is 12.1 Å². The molecule has 228 valence electrons. The number of imide groups is 1. The second kappa shape index (κ2) is 14.2. The third kappa shape index (κ3) is 7.09. The number of halogens is 1. The molecule has 2 aliphatic rings. The second-order valence-corrected chi connectivity index (χ2v) is 11.7. The van der Waals surface area contributed by atoms with Crippen LogP contribution in [0.25, 0.3) is 10.9 Å². The molecular formula is C33H38ClN3O6. The molecule has 0 radical (unpaired) electrons. The lowest BCUT2D eigenvalue weighted by molar-refractivity contribution is -0.122. The van der Waals surface area contributed by atoms with Crippen molar-refractivity contribution < 1.29 is 23.9 Å². The summed E-state index contributed by atoms with van der Waals surface area (Å²) >= 11 is 6.40. The fourth-order valence-corrected chi connectivity index (χ4v) is 5.68. The molecule has 1 aliphatic heterocycles. The number of amides is 2. The molecule has 3 aromatic rings. The predicted molar refractivity (Wildman–Crippen MR) is 165 cm³/mol. The van der Waals surface area contributed by atoms with Crippen LogP contribution in [0.2, 0.25) is 5.02 Å². The Balaban J connectivity index is 1.22. The molecule has 0 spiro atoms. The highest BCUT2D eigenvalue weighted by atomic mass is 35.5. The van der Waals surface area contributed by atoms with Crippen LogP contribution in [0.1, 0.15) is 112 Å². The summed E-state index contributed by atoms with van der Waals surface area (Å²) in [4.78, 5) is 58.1. The number of rotatable bonds is 15. The molecule has 2 heterocycles. The van der Waals surface area contributed by atoms with Gasteiger partial charge in [0, 0.05) is 6.04 Å². The summed E-state index contributed by atoms with van der Waals surface area (Å²) in [6, 6.07) is 11.0. The van der Waals surface area contributed by atoms with Crippen LogP contribution in [0, 0.1) is 0 Å². The Labute approximate surface area is 256 Å². The fraction of sp³-hybridized carbons (Fsp3) is 0.485. The molecule has 1 saturated heterocycles. The van der Waals surface area contributed by atoms with Crippen LogP contribution >= 0.6 is 11.6 Å².